The van der Waals surface area contributed by atoms with Gasteiger partial charge in [0.25, 0.3) is 0 Å². The van der Waals surface area contributed by atoms with Gasteiger partial charge in [-0.1, -0.05) is 52.3 Å². The highest BCUT2D eigenvalue weighted by Gasteiger charge is 2.04. The van der Waals surface area contributed by atoms with Gasteiger partial charge in [-0.05, 0) is 37.3 Å². The third kappa shape index (κ3) is 12.7. The zero-order chi connectivity index (χ0) is 18.2. The molecule has 0 heterocycles. The molecule has 136 valence electrons. The number of esters is 2. The average molecular weight is 336 g/mol. The lowest BCUT2D eigenvalue weighted by Crippen LogP contribution is -2.06. The Morgan fingerprint density at radius 1 is 0.958 bits per heavy atom. The van der Waals surface area contributed by atoms with Crippen molar-refractivity contribution in [2.24, 2.45) is 5.92 Å². The topological polar surface area (TPSA) is 52.6 Å². The van der Waals surface area contributed by atoms with E-state index in [0.29, 0.717) is 31.1 Å². The summed E-state index contributed by atoms with van der Waals surface area (Å²) >= 11 is 0. The second-order valence-electron chi connectivity index (χ2n) is 6.01. The lowest BCUT2D eigenvalue weighted by atomic mass is 10.1. The minimum absolute atomic E-state index is 0.0619. The van der Waals surface area contributed by atoms with Crippen molar-refractivity contribution in [1.29, 1.82) is 0 Å². The molecule has 0 aliphatic heterocycles. The molecular formula is C20H32O4. The molecule has 0 fully saturated rings. The maximum atomic E-state index is 11.3. The molecular weight excluding hydrogens is 304 g/mol. The molecule has 1 aromatic carbocycles. The predicted octanol–water partition coefficient (Wildman–Crippen LogP) is 5.02. The molecule has 0 unspecified atom stereocenters. The first kappa shape index (κ1) is 22.2. The Bertz CT molecular complexity index is 440. The highest BCUT2D eigenvalue weighted by atomic mass is 16.5. The van der Waals surface area contributed by atoms with Crippen molar-refractivity contribution in [1.82, 2.24) is 0 Å². The van der Waals surface area contributed by atoms with Gasteiger partial charge in [-0.3, -0.25) is 4.79 Å². The van der Waals surface area contributed by atoms with Crippen LogP contribution < -0.4 is 0 Å². The molecule has 0 N–H and O–H groups in total. The lowest BCUT2D eigenvalue weighted by molar-refractivity contribution is -0.143. The van der Waals surface area contributed by atoms with Crippen LogP contribution >= 0.6 is 0 Å². The Labute approximate surface area is 146 Å². The number of rotatable bonds is 9. The SMILES string of the molecule is CCCC(=O)OCCC(C)C.CCCCOC(=O)c1ccccc1. The summed E-state index contributed by atoms with van der Waals surface area (Å²) in [6.45, 7) is 9.38. The predicted molar refractivity (Wildman–Crippen MR) is 97.0 cm³/mol. The first-order valence-electron chi connectivity index (χ1n) is 8.89. The molecule has 4 nitrogen and oxygen atoms in total. The van der Waals surface area contributed by atoms with Crippen LogP contribution in [0.5, 0.6) is 0 Å². The van der Waals surface area contributed by atoms with Gasteiger partial charge in [0.05, 0.1) is 18.8 Å². The Morgan fingerprint density at radius 3 is 2.17 bits per heavy atom. The molecule has 24 heavy (non-hydrogen) atoms. The number of ether oxygens (including phenoxy) is 2. The summed E-state index contributed by atoms with van der Waals surface area (Å²) in [5.41, 5.74) is 0.624. The normalized spacial score (nSPS) is 9.88. The smallest absolute Gasteiger partial charge is 0.338 e. The van der Waals surface area contributed by atoms with Crippen molar-refractivity contribution in [2.75, 3.05) is 13.2 Å². The number of unbranched alkanes of at least 4 members (excludes halogenated alkanes) is 1. The maximum Gasteiger partial charge on any atom is 0.338 e. The summed E-state index contributed by atoms with van der Waals surface area (Å²) < 4.78 is 9.98. The van der Waals surface area contributed by atoms with E-state index in [1.54, 1.807) is 12.1 Å². The minimum atomic E-state index is -0.228. The van der Waals surface area contributed by atoms with E-state index < -0.39 is 0 Å². The number of hydrogen-bond acceptors (Lipinski definition) is 4. The van der Waals surface area contributed by atoms with Crippen molar-refractivity contribution < 1.29 is 19.1 Å². The van der Waals surface area contributed by atoms with Gasteiger partial charge in [-0.15, -0.1) is 0 Å². The second kappa shape index (κ2) is 14.7. The fraction of sp³-hybridized carbons (Fsp3) is 0.600. The summed E-state index contributed by atoms with van der Waals surface area (Å²) in [6.07, 6.45) is 4.37. The Balaban J connectivity index is 0.000000449. The van der Waals surface area contributed by atoms with Gasteiger partial charge in [-0.2, -0.15) is 0 Å². The average Bonchev–Trinajstić information content (AvgIpc) is 2.56. The molecule has 1 aromatic rings. The van der Waals surface area contributed by atoms with Crippen LogP contribution in [0.3, 0.4) is 0 Å². The fourth-order valence-electron chi connectivity index (χ4n) is 1.65. The highest BCUT2D eigenvalue weighted by molar-refractivity contribution is 5.89. The number of benzene rings is 1. The third-order valence-electron chi connectivity index (χ3n) is 3.15. The van der Waals surface area contributed by atoms with E-state index in [-0.39, 0.29) is 11.9 Å². The zero-order valence-corrected chi connectivity index (χ0v) is 15.5. The summed E-state index contributed by atoms with van der Waals surface area (Å²) in [7, 11) is 0. The molecule has 0 aliphatic rings. The first-order valence-corrected chi connectivity index (χ1v) is 8.89. The monoisotopic (exact) mass is 336 g/mol. The minimum Gasteiger partial charge on any atom is -0.466 e. The second-order valence-corrected chi connectivity index (χ2v) is 6.01. The van der Waals surface area contributed by atoms with Crippen LogP contribution in [0.15, 0.2) is 30.3 Å². The van der Waals surface area contributed by atoms with E-state index in [9.17, 15) is 9.59 Å². The van der Waals surface area contributed by atoms with Crippen LogP contribution in [0, 0.1) is 5.92 Å². The van der Waals surface area contributed by atoms with Crippen molar-refractivity contribution >= 4 is 11.9 Å². The quantitative estimate of drug-likeness (QED) is 0.469. The van der Waals surface area contributed by atoms with Crippen LogP contribution in [-0.2, 0) is 14.3 Å². The number of hydrogen-bond donors (Lipinski definition) is 0. The maximum absolute atomic E-state index is 11.3. The van der Waals surface area contributed by atoms with Crippen LogP contribution in [-0.4, -0.2) is 25.2 Å². The van der Waals surface area contributed by atoms with Gasteiger partial charge in [-0.25, -0.2) is 4.79 Å². The first-order chi connectivity index (χ1) is 11.5. The fourth-order valence-corrected chi connectivity index (χ4v) is 1.65. The van der Waals surface area contributed by atoms with Crippen LogP contribution in [0.4, 0.5) is 0 Å². The van der Waals surface area contributed by atoms with Gasteiger partial charge in [0.1, 0.15) is 0 Å². The Morgan fingerprint density at radius 2 is 1.62 bits per heavy atom. The molecule has 0 saturated heterocycles. The van der Waals surface area contributed by atoms with E-state index in [4.69, 9.17) is 9.47 Å². The van der Waals surface area contributed by atoms with E-state index in [2.05, 4.69) is 20.8 Å². The molecule has 0 spiro atoms. The van der Waals surface area contributed by atoms with Crippen molar-refractivity contribution in [2.45, 2.75) is 59.8 Å². The van der Waals surface area contributed by atoms with E-state index in [0.717, 1.165) is 25.7 Å². The molecule has 4 heteroatoms. The summed E-state index contributed by atoms with van der Waals surface area (Å²) in [6, 6.07) is 9.05. The largest absolute Gasteiger partial charge is 0.466 e. The van der Waals surface area contributed by atoms with Gasteiger partial charge in [0.15, 0.2) is 0 Å². The van der Waals surface area contributed by atoms with Crippen LogP contribution in [0.1, 0.15) is 70.2 Å². The molecule has 0 bridgehead atoms. The molecule has 0 aromatic heterocycles. The van der Waals surface area contributed by atoms with Gasteiger partial charge in [0.2, 0.25) is 0 Å². The van der Waals surface area contributed by atoms with E-state index in [1.165, 1.54) is 0 Å². The number of carbonyl (C=O) groups is 2. The van der Waals surface area contributed by atoms with Gasteiger partial charge in [0, 0.05) is 6.42 Å². The molecule has 0 amide bonds. The van der Waals surface area contributed by atoms with E-state index >= 15 is 0 Å². The van der Waals surface area contributed by atoms with Crippen molar-refractivity contribution in [3.63, 3.8) is 0 Å². The molecule has 1 rings (SSSR count). The molecule has 0 atom stereocenters. The lowest BCUT2D eigenvalue weighted by Gasteiger charge is -2.05. The van der Waals surface area contributed by atoms with Crippen LogP contribution in [0.2, 0.25) is 0 Å². The highest BCUT2D eigenvalue weighted by Crippen LogP contribution is 2.02. The van der Waals surface area contributed by atoms with Gasteiger partial charge < -0.3 is 9.47 Å². The molecule has 0 saturated carbocycles. The van der Waals surface area contributed by atoms with Crippen LogP contribution in [0.25, 0.3) is 0 Å². The number of carbonyl (C=O) groups excluding carboxylic acids is 2. The Hall–Kier alpha value is -1.84. The van der Waals surface area contributed by atoms with E-state index in [1.807, 2.05) is 25.1 Å². The Kier molecular flexibility index (Phi) is 13.6. The summed E-state index contributed by atoms with van der Waals surface area (Å²) in [5, 5.41) is 0. The molecule has 0 aliphatic carbocycles. The summed E-state index contributed by atoms with van der Waals surface area (Å²) in [5.74, 6) is 0.326. The van der Waals surface area contributed by atoms with Gasteiger partial charge >= 0.3 is 11.9 Å². The summed E-state index contributed by atoms with van der Waals surface area (Å²) in [4.78, 5) is 22.1. The third-order valence-corrected chi connectivity index (χ3v) is 3.15. The molecule has 0 radical (unpaired) electrons. The standard InChI is InChI=1S/C11H14O2.C9H18O2/c1-2-3-9-13-11(12)10-7-5-4-6-8-10;1-4-5-9(10)11-7-6-8(2)3/h4-8H,2-3,9H2,1H3;8H,4-7H2,1-3H3. The van der Waals surface area contributed by atoms with Crippen molar-refractivity contribution in [3.05, 3.63) is 35.9 Å². The van der Waals surface area contributed by atoms with Crippen molar-refractivity contribution in [3.8, 4) is 0 Å². The zero-order valence-electron chi connectivity index (χ0n) is 15.5.